The van der Waals surface area contributed by atoms with Crippen LogP contribution in [0.4, 0.5) is 14.9 Å². The second-order valence-electron chi connectivity index (χ2n) is 8.25. The van der Waals surface area contributed by atoms with Crippen molar-refractivity contribution in [3.05, 3.63) is 54.6 Å². The second kappa shape index (κ2) is 12.2. The number of cyclic esters (lactones) is 1. The van der Waals surface area contributed by atoms with E-state index >= 15 is 0 Å². The Kier molecular flexibility index (Phi) is 9.04. The van der Waals surface area contributed by atoms with Crippen molar-refractivity contribution < 1.29 is 23.5 Å². The number of benzene rings is 1. The van der Waals surface area contributed by atoms with Crippen molar-refractivity contribution in [2.45, 2.75) is 58.2 Å². The zero-order valence-electron chi connectivity index (χ0n) is 19.3. The number of rotatable bonds is 6. The maximum Gasteiger partial charge on any atom is 0.414 e. The molecule has 2 saturated heterocycles. The van der Waals surface area contributed by atoms with Crippen LogP contribution in [0.3, 0.4) is 0 Å². The monoisotopic (exact) mass is 457 g/mol. The number of aromatic nitrogens is 1. The van der Waals surface area contributed by atoms with E-state index in [4.69, 9.17) is 9.47 Å². The third kappa shape index (κ3) is 7.17. The fraction of sp³-hybridized carbons (Fsp3) is 0.480. The first kappa shape index (κ1) is 24.5. The Labute approximate surface area is 194 Å². The van der Waals surface area contributed by atoms with E-state index in [0.29, 0.717) is 44.6 Å². The highest BCUT2D eigenvalue weighted by Gasteiger charge is 2.30. The summed E-state index contributed by atoms with van der Waals surface area (Å²) in [4.78, 5) is 30.9. The Morgan fingerprint density at radius 3 is 2.45 bits per heavy atom. The largest absolute Gasteiger partial charge is 0.487 e. The number of carbonyl (C=O) groups excluding carboxylic acids is 2. The van der Waals surface area contributed by atoms with E-state index in [2.05, 4.69) is 11.9 Å². The molecule has 33 heavy (non-hydrogen) atoms. The first-order chi connectivity index (χ1) is 16.0. The lowest BCUT2D eigenvalue weighted by molar-refractivity contribution is -0.133. The number of anilines is 1. The number of piperidine rings is 1. The minimum absolute atomic E-state index is 0.114. The number of amides is 2. The Bertz CT molecular complexity index is 877. The van der Waals surface area contributed by atoms with Crippen molar-refractivity contribution in [3.8, 4) is 5.75 Å². The molecule has 1 aromatic carbocycles. The average Bonchev–Trinajstić information content (AvgIpc) is 3.18. The van der Waals surface area contributed by atoms with Gasteiger partial charge in [-0.25, -0.2) is 9.18 Å². The number of hydrogen-bond acceptors (Lipinski definition) is 5. The molecule has 0 N–H and O–H groups in total. The van der Waals surface area contributed by atoms with Gasteiger partial charge in [0.25, 0.3) is 0 Å². The smallest absolute Gasteiger partial charge is 0.414 e. The minimum atomic E-state index is -0.499. The van der Waals surface area contributed by atoms with Crippen LogP contribution in [-0.4, -0.2) is 53.7 Å². The Morgan fingerprint density at radius 2 is 1.94 bits per heavy atom. The van der Waals surface area contributed by atoms with E-state index in [0.717, 1.165) is 12.8 Å². The summed E-state index contributed by atoms with van der Waals surface area (Å²) in [6, 6.07) is 10.2. The average molecular weight is 458 g/mol. The van der Waals surface area contributed by atoms with Gasteiger partial charge in [0.05, 0.1) is 12.2 Å². The molecule has 1 atom stereocenters. The Hall–Kier alpha value is -3.16. The lowest BCUT2D eigenvalue weighted by Crippen LogP contribution is -2.41. The van der Waals surface area contributed by atoms with E-state index in [1.54, 1.807) is 31.5 Å². The fourth-order valence-corrected chi connectivity index (χ4v) is 3.77. The number of ether oxygens (including phenoxy) is 2. The van der Waals surface area contributed by atoms with Crippen LogP contribution in [0.2, 0.25) is 0 Å². The number of likely N-dealkylation sites (tertiary alicyclic amines) is 1. The van der Waals surface area contributed by atoms with Crippen LogP contribution in [0.1, 0.15) is 46.0 Å². The third-order valence-corrected chi connectivity index (χ3v) is 5.59. The van der Waals surface area contributed by atoms with Gasteiger partial charge in [-0.05, 0) is 37.6 Å². The van der Waals surface area contributed by atoms with Gasteiger partial charge in [0.1, 0.15) is 12.2 Å². The molecule has 0 aliphatic carbocycles. The topological polar surface area (TPSA) is 72.0 Å². The van der Waals surface area contributed by atoms with Crippen LogP contribution in [-0.2, 0) is 9.53 Å². The van der Waals surface area contributed by atoms with Gasteiger partial charge in [-0.15, -0.1) is 0 Å². The van der Waals surface area contributed by atoms with Gasteiger partial charge in [0.15, 0.2) is 11.6 Å². The first-order valence-electron chi connectivity index (χ1n) is 11.5. The van der Waals surface area contributed by atoms with Crippen molar-refractivity contribution in [2.75, 3.05) is 24.5 Å². The van der Waals surface area contributed by atoms with E-state index in [1.165, 1.54) is 11.0 Å². The molecular formula is C25H32FN3O4. The molecule has 2 amide bonds. The molecular weight excluding hydrogens is 425 g/mol. The zero-order chi connectivity index (χ0) is 23.6. The molecule has 2 fully saturated rings. The SMILES string of the molecule is CCCCC(=O)N1CCC(Oc2ccc(N3CC(C)OC3=O)cc2F)CC1.c1ccncc1. The molecule has 1 unspecified atom stereocenters. The lowest BCUT2D eigenvalue weighted by Gasteiger charge is -2.32. The van der Waals surface area contributed by atoms with Gasteiger partial charge in [-0.3, -0.25) is 14.7 Å². The van der Waals surface area contributed by atoms with Crippen molar-refractivity contribution in [1.82, 2.24) is 9.88 Å². The number of halogens is 1. The van der Waals surface area contributed by atoms with Crippen molar-refractivity contribution >= 4 is 17.7 Å². The van der Waals surface area contributed by atoms with Crippen molar-refractivity contribution in [3.63, 3.8) is 0 Å². The summed E-state index contributed by atoms with van der Waals surface area (Å²) in [5.41, 5.74) is 0.463. The normalized spacial score (nSPS) is 18.4. The van der Waals surface area contributed by atoms with Crippen LogP contribution in [0.15, 0.2) is 48.8 Å². The summed E-state index contributed by atoms with van der Waals surface area (Å²) in [6.07, 6.45) is 6.61. The molecule has 4 rings (SSSR count). The summed E-state index contributed by atoms with van der Waals surface area (Å²) in [5, 5.41) is 0. The molecule has 0 radical (unpaired) electrons. The molecule has 0 spiro atoms. The van der Waals surface area contributed by atoms with Crippen LogP contribution >= 0.6 is 0 Å². The van der Waals surface area contributed by atoms with E-state index in [-0.39, 0.29) is 23.9 Å². The predicted octanol–water partition coefficient (Wildman–Crippen LogP) is 4.81. The number of nitrogens with zero attached hydrogens (tertiary/aromatic N) is 3. The highest BCUT2D eigenvalue weighted by atomic mass is 19.1. The highest BCUT2D eigenvalue weighted by Crippen LogP contribution is 2.29. The van der Waals surface area contributed by atoms with Gasteiger partial charge < -0.3 is 14.4 Å². The van der Waals surface area contributed by atoms with Crippen LogP contribution in [0.25, 0.3) is 0 Å². The standard InChI is InChI=1S/C20H27FN2O4.C5H5N/c1-3-4-5-19(24)22-10-8-16(9-11-22)27-18-7-6-15(12-17(18)21)23-13-14(2)26-20(23)25;1-2-4-6-5-3-1/h6-7,12,14,16H,3-5,8-11,13H2,1-2H3;1-5H. The van der Waals surface area contributed by atoms with Gasteiger partial charge in [0, 0.05) is 50.8 Å². The maximum atomic E-state index is 14.5. The van der Waals surface area contributed by atoms with Crippen molar-refractivity contribution in [1.29, 1.82) is 0 Å². The molecule has 2 aliphatic rings. The summed E-state index contributed by atoms with van der Waals surface area (Å²) in [7, 11) is 0. The predicted molar refractivity (Wildman–Crippen MR) is 124 cm³/mol. The van der Waals surface area contributed by atoms with Crippen molar-refractivity contribution in [2.24, 2.45) is 0 Å². The Balaban J connectivity index is 0.000000442. The summed E-state index contributed by atoms with van der Waals surface area (Å²) in [6.45, 7) is 5.56. The van der Waals surface area contributed by atoms with Crippen LogP contribution < -0.4 is 9.64 Å². The molecule has 178 valence electrons. The van der Waals surface area contributed by atoms with E-state index in [1.807, 2.05) is 23.1 Å². The second-order valence-corrected chi connectivity index (χ2v) is 8.25. The molecule has 3 heterocycles. The molecule has 0 saturated carbocycles. The quantitative estimate of drug-likeness (QED) is 0.622. The minimum Gasteiger partial charge on any atom is -0.487 e. The highest BCUT2D eigenvalue weighted by molar-refractivity contribution is 5.89. The lowest BCUT2D eigenvalue weighted by atomic mass is 10.1. The summed E-state index contributed by atoms with van der Waals surface area (Å²) in [5.74, 6) is -0.131. The Morgan fingerprint density at radius 1 is 1.21 bits per heavy atom. The molecule has 1 aromatic heterocycles. The van der Waals surface area contributed by atoms with Crippen LogP contribution in [0.5, 0.6) is 5.75 Å². The first-order valence-corrected chi connectivity index (χ1v) is 11.5. The van der Waals surface area contributed by atoms with Gasteiger partial charge in [-0.2, -0.15) is 0 Å². The van der Waals surface area contributed by atoms with Gasteiger partial charge >= 0.3 is 6.09 Å². The number of carbonyl (C=O) groups is 2. The number of pyridine rings is 1. The number of unbranched alkanes of at least 4 members (excludes halogenated alkanes) is 1. The van der Waals surface area contributed by atoms with E-state index in [9.17, 15) is 14.0 Å². The fourth-order valence-electron chi connectivity index (χ4n) is 3.77. The maximum absolute atomic E-state index is 14.5. The number of hydrogen-bond donors (Lipinski definition) is 0. The zero-order valence-corrected chi connectivity index (χ0v) is 19.3. The third-order valence-electron chi connectivity index (χ3n) is 5.59. The van der Waals surface area contributed by atoms with Crippen LogP contribution in [0, 0.1) is 5.82 Å². The van der Waals surface area contributed by atoms with Gasteiger partial charge in [0.2, 0.25) is 5.91 Å². The molecule has 2 aliphatic heterocycles. The molecule has 7 nitrogen and oxygen atoms in total. The molecule has 0 bridgehead atoms. The molecule has 8 heteroatoms. The molecule has 2 aromatic rings. The summed E-state index contributed by atoms with van der Waals surface area (Å²) < 4.78 is 25.3. The van der Waals surface area contributed by atoms with E-state index < -0.39 is 11.9 Å². The van der Waals surface area contributed by atoms with Gasteiger partial charge in [-0.1, -0.05) is 19.4 Å². The summed E-state index contributed by atoms with van der Waals surface area (Å²) >= 11 is 0.